The molecular weight excluding hydrogens is 360 g/mol. The van der Waals surface area contributed by atoms with Gasteiger partial charge in [-0.15, -0.1) is 0 Å². The topological polar surface area (TPSA) is 84.0 Å². The number of piperazine rings is 1. The number of nitrogens with zero attached hydrogens (tertiary/aromatic N) is 3. The molecule has 1 aromatic carbocycles. The first-order valence-corrected chi connectivity index (χ1v) is 9.04. The molecule has 0 bridgehead atoms. The summed E-state index contributed by atoms with van der Waals surface area (Å²) in [5.41, 5.74) is 2.25. The van der Waals surface area contributed by atoms with Gasteiger partial charge < -0.3 is 24.6 Å². The van der Waals surface area contributed by atoms with Crippen LogP contribution in [0.3, 0.4) is 0 Å². The first-order valence-electron chi connectivity index (χ1n) is 9.04. The van der Waals surface area contributed by atoms with Crippen LogP contribution in [0.25, 0.3) is 0 Å². The van der Waals surface area contributed by atoms with Crippen molar-refractivity contribution in [3.05, 3.63) is 47.8 Å². The fourth-order valence-electron chi connectivity index (χ4n) is 3.01. The number of carbonyl (C=O) groups excluding carboxylic acids is 2. The second-order valence-corrected chi connectivity index (χ2v) is 6.41. The summed E-state index contributed by atoms with van der Waals surface area (Å²) >= 11 is 0. The van der Waals surface area contributed by atoms with E-state index in [1.54, 1.807) is 36.3 Å². The van der Waals surface area contributed by atoms with Gasteiger partial charge in [0.05, 0.1) is 26.1 Å². The fourth-order valence-corrected chi connectivity index (χ4v) is 3.01. The second-order valence-electron chi connectivity index (χ2n) is 6.41. The summed E-state index contributed by atoms with van der Waals surface area (Å²) in [6, 6.07) is 9.28. The van der Waals surface area contributed by atoms with Gasteiger partial charge in [0.1, 0.15) is 5.69 Å². The molecule has 0 aliphatic carbocycles. The lowest BCUT2D eigenvalue weighted by Crippen LogP contribution is -2.48. The molecule has 8 heteroatoms. The number of hydrogen-bond donors (Lipinski definition) is 1. The van der Waals surface area contributed by atoms with Gasteiger partial charge in [-0.2, -0.15) is 0 Å². The monoisotopic (exact) mass is 384 g/mol. The van der Waals surface area contributed by atoms with Crippen LogP contribution in [-0.2, 0) is 11.3 Å². The first kappa shape index (κ1) is 19.5. The van der Waals surface area contributed by atoms with Gasteiger partial charge in [0, 0.05) is 32.7 Å². The van der Waals surface area contributed by atoms with Crippen LogP contribution in [0.2, 0.25) is 0 Å². The fraction of sp³-hybridized carbons (Fsp3) is 0.350. The molecule has 1 N–H and O–H groups in total. The maximum absolute atomic E-state index is 12.5. The van der Waals surface area contributed by atoms with Gasteiger partial charge in [0.15, 0.2) is 11.5 Å². The molecule has 2 amide bonds. The molecule has 0 atom stereocenters. The van der Waals surface area contributed by atoms with E-state index >= 15 is 0 Å². The summed E-state index contributed by atoms with van der Waals surface area (Å²) in [5, 5.41) is 3.28. The Labute approximate surface area is 164 Å². The summed E-state index contributed by atoms with van der Waals surface area (Å²) in [4.78, 5) is 31.0. The third-order valence-corrected chi connectivity index (χ3v) is 4.68. The van der Waals surface area contributed by atoms with Crippen molar-refractivity contribution in [2.75, 3.05) is 45.7 Å². The van der Waals surface area contributed by atoms with E-state index < -0.39 is 0 Å². The third kappa shape index (κ3) is 4.51. The van der Waals surface area contributed by atoms with E-state index in [1.807, 2.05) is 24.3 Å². The number of aromatic nitrogens is 1. The normalized spacial score (nSPS) is 13.8. The van der Waals surface area contributed by atoms with Gasteiger partial charge in [-0.3, -0.25) is 9.59 Å². The Bertz CT molecular complexity index is 817. The smallest absolute Gasteiger partial charge is 0.272 e. The number of pyridine rings is 1. The van der Waals surface area contributed by atoms with Crippen LogP contribution in [0.15, 0.2) is 36.5 Å². The van der Waals surface area contributed by atoms with Gasteiger partial charge in [-0.25, -0.2) is 4.98 Å². The van der Waals surface area contributed by atoms with Crippen LogP contribution in [0.5, 0.6) is 11.5 Å². The van der Waals surface area contributed by atoms with Gasteiger partial charge in [0.25, 0.3) is 5.91 Å². The lowest BCUT2D eigenvalue weighted by Gasteiger charge is -2.32. The van der Waals surface area contributed by atoms with E-state index in [4.69, 9.17) is 9.47 Å². The lowest BCUT2D eigenvalue weighted by molar-refractivity contribution is -0.119. The SMILES string of the molecule is COc1ccc(CNc2ccc(C(=O)N3CCN(C=O)CC3)nc2)cc1OC. The van der Waals surface area contributed by atoms with Crippen molar-refractivity contribution < 1.29 is 19.1 Å². The summed E-state index contributed by atoms with van der Waals surface area (Å²) in [7, 11) is 3.21. The Morgan fingerprint density at radius 2 is 1.86 bits per heavy atom. The van der Waals surface area contributed by atoms with E-state index in [0.717, 1.165) is 17.7 Å². The van der Waals surface area contributed by atoms with Crippen LogP contribution in [0.1, 0.15) is 16.1 Å². The van der Waals surface area contributed by atoms with Crippen LogP contribution in [-0.4, -0.2) is 67.5 Å². The van der Waals surface area contributed by atoms with Crippen LogP contribution in [0, 0.1) is 0 Å². The molecule has 1 aliphatic rings. The number of carbonyl (C=O) groups is 2. The second kappa shape index (κ2) is 9.07. The Morgan fingerprint density at radius 3 is 2.46 bits per heavy atom. The van der Waals surface area contributed by atoms with E-state index in [2.05, 4.69) is 10.3 Å². The van der Waals surface area contributed by atoms with Crippen molar-refractivity contribution in [2.45, 2.75) is 6.54 Å². The molecule has 2 aromatic rings. The van der Waals surface area contributed by atoms with Crippen molar-refractivity contribution in [3.63, 3.8) is 0 Å². The Balaban J connectivity index is 1.57. The molecule has 28 heavy (non-hydrogen) atoms. The van der Waals surface area contributed by atoms with Gasteiger partial charge >= 0.3 is 0 Å². The molecule has 1 fully saturated rings. The average Bonchev–Trinajstić information content (AvgIpc) is 2.77. The molecule has 148 valence electrons. The number of anilines is 1. The van der Waals surface area contributed by atoms with E-state index in [1.165, 1.54) is 0 Å². The molecule has 1 aromatic heterocycles. The van der Waals surface area contributed by atoms with E-state index in [-0.39, 0.29) is 5.91 Å². The number of rotatable bonds is 7. The average molecular weight is 384 g/mol. The zero-order chi connectivity index (χ0) is 19.9. The predicted octanol–water partition coefficient (Wildman–Crippen LogP) is 1.63. The third-order valence-electron chi connectivity index (χ3n) is 4.68. The number of ether oxygens (including phenoxy) is 2. The van der Waals surface area contributed by atoms with E-state index in [0.29, 0.717) is 49.9 Å². The van der Waals surface area contributed by atoms with Crippen molar-refractivity contribution >= 4 is 18.0 Å². The standard InChI is InChI=1S/C20H24N4O4/c1-27-18-6-3-15(11-19(18)28-2)12-21-16-4-5-17(22-13-16)20(26)24-9-7-23(14-25)8-10-24/h3-6,11,13-14,21H,7-10,12H2,1-2H3. The van der Waals surface area contributed by atoms with Crippen LogP contribution in [0.4, 0.5) is 5.69 Å². The van der Waals surface area contributed by atoms with Crippen molar-refractivity contribution in [2.24, 2.45) is 0 Å². The van der Waals surface area contributed by atoms with Gasteiger partial charge in [-0.05, 0) is 29.8 Å². The van der Waals surface area contributed by atoms with Crippen molar-refractivity contribution in [3.8, 4) is 11.5 Å². The summed E-state index contributed by atoms with van der Waals surface area (Å²) < 4.78 is 10.6. The van der Waals surface area contributed by atoms with Gasteiger partial charge in [0.2, 0.25) is 6.41 Å². The number of hydrogen-bond acceptors (Lipinski definition) is 6. The van der Waals surface area contributed by atoms with Crippen molar-refractivity contribution in [1.29, 1.82) is 0 Å². The minimum Gasteiger partial charge on any atom is -0.493 e. The quantitative estimate of drug-likeness (QED) is 0.731. The summed E-state index contributed by atoms with van der Waals surface area (Å²) in [6.07, 6.45) is 2.47. The largest absolute Gasteiger partial charge is 0.493 e. The number of methoxy groups -OCH3 is 2. The molecule has 3 rings (SSSR count). The molecule has 0 unspecified atom stereocenters. The molecule has 1 saturated heterocycles. The molecule has 2 heterocycles. The first-order chi connectivity index (χ1) is 13.6. The Morgan fingerprint density at radius 1 is 1.11 bits per heavy atom. The summed E-state index contributed by atoms with van der Waals surface area (Å²) in [5.74, 6) is 1.25. The van der Waals surface area contributed by atoms with E-state index in [9.17, 15) is 9.59 Å². The molecule has 0 saturated carbocycles. The summed E-state index contributed by atoms with van der Waals surface area (Å²) in [6.45, 7) is 2.75. The highest BCUT2D eigenvalue weighted by Gasteiger charge is 2.22. The maximum atomic E-state index is 12.5. The minimum absolute atomic E-state index is 0.114. The lowest BCUT2D eigenvalue weighted by atomic mass is 10.2. The number of benzene rings is 1. The molecular formula is C20H24N4O4. The molecule has 1 aliphatic heterocycles. The highest BCUT2D eigenvalue weighted by molar-refractivity contribution is 5.92. The molecule has 0 spiro atoms. The highest BCUT2D eigenvalue weighted by Crippen LogP contribution is 2.27. The number of amides is 2. The predicted molar refractivity (Wildman–Crippen MR) is 105 cm³/mol. The van der Waals surface area contributed by atoms with Crippen molar-refractivity contribution in [1.82, 2.24) is 14.8 Å². The maximum Gasteiger partial charge on any atom is 0.272 e. The zero-order valence-corrected chi connectivity index (χ0v) is 16.1. The molecule has 8 nitrogen and oxygen atoms in total. The Kier molecular flexibility index (Phi) is 6.31. The zero-order valence-electron chi connectivity index (χ0n) is 16.1. The van der Waals surface area contributed by atoms with Gasteiger partial charge in [-0.1, -0.05) is 6.07 Å². The number of nitrogens with one attached hydrogen (secondary N) is 1. The van der Waals surface area contributed by atoms with Crippen LogP contribution < -0.4 is 14.8 Å². The minimum atomic E-state index is -0.114. The van der Waals surface area contributed by atoms with Crippen LogP contribution >= 0.6 is 0 Å². The Hall–Kier alpha value is -3.29. The highest BCUT2D eigenvalue weighted by atomic mass is 16.5. The molecule has 0 radical (unpaired) electrons.